The summed E-state index contributed by atoms with van der Waals surface area (Å²) in [6.45, 7) is 6.88. The predicted molar refractivity (Wildman–Crippen MR) is 105 cm³/mol. The van der Waals surface area contributed by atoms with Crippen LogP contribution in [0.15, 0.2) is 30.4 Å². The molecule has 0 bridgehead atoms. The Morgan fingerprint density at radius 3 is 2.85 bits per heavy atom. The number of allylic oxidation sites excluding steroid dienone is 1. The number of ether oxygens (including phenoxy) is 1. The number of thiocarbonyl (C=S) groups is 1. The molecule has 4 nitrogen and oxygen atoms in total. The van der Waals surface area contributed by atoms with Gasteiger partial charge in [0.25, 0.3) is 5.17 Å². The van der Waals surface area contributed by atoms with Crippen LogP contribution in [0.4, 0.5) is 0 Å². The first-order chi connectivity index (χ1) is 12.4. The van der Waals surface area contributed by atoms with Crippen LogP contribution in [0.1, 0.15) is 59.3 Å². The van der Waals surface area contributed by atoms with E-state index in [2.05, 4.69) is 31.8 Å². The number of rotatable bonds is 1. The molecule has 0 amide bonds. The highest BCUT2D eigenvalue weighted by atomic mass is 32.1. The predicted octanol–water partition coefficient (Wildman–Crippen LogP) is 4.54. The molecule has 0 aliphatic heterocycles. The second-order valence-corrected chi connectivity index (χ2v) is 9.12. The second kappa shape index (κ2) is 6.29. The summed E-state index contributed by atoms with van der Waals surface area (Å²) in [5.74, 6) is 1.08. The van der Waals surface area contributed by atoms with Gasteiger partial charge in [-0.2, -0.15) is 0 Å². The molecule has 140 valence electrons. The van der Waals surface area contributed by atoms with Gasteiger partial charge in [-0.3, -0.25) is 9.36 Å². The van der Waals surface area contributed by atoms with Crippen molar-refractivity contribution in [2.24, 2.45) is 22.7 Å². The Morgan fingerprint density at radius 2 is 2.12 bits per heavy atom. The fourth-order valence-electron chi connectivity index (χ4n) is 5.95. The van der Waals surface area contributed by atoms with Crippen LogP contribution >= 0.6 is 12.2 Å². The number of fused-ring (bicyclic) bond motifs is 3. The standard InChI is InChI=1S/C21H28N2O2S/c1-14-15-7-9-21(3)17(20(15,2)10-8-16(14)24)5-4-6-18(21)25-19(26)23-12-11-22-13-23/h5,11-15,18H,4,6-10H2,1-3H3/t14-,15?,18?,20?,21?/m1/s1. The smallest absolute Gasteiger partial charge is 0.269 e. The first-order valence-corrected chi connectivity index (χ1v) is 10.2. The van der Waals surface area contributed by atoms with Gasteiger partial charge < -0.3 is 4.74 Å². The van der Waals surface area contributed by atoms with Gasteiger partial charge in [-0.15, -0.1) is 0 Å². The van der Waals surface area contributed by atoms with Gasteiger partial charge >= 0.3 is 0 Å². The summed E-state index contributed by atoms with van der Waals surface area (Å²) in [5.41, 5.74) is 1.62. The number of imidazole rings is 1. The fourth-order valence-corrected chi connectivity index (χ4v) is 6.18. The zero-order valence-corrected chi connectivity index (χ0v) is 16.7. The topological polar surface area (TPSA) is 44.1 Å². The summed E-state index contributed by atoms with van der Waals surface area (Å²) in [4.78, 5) is 16.4. The van der Waals surface area contributed by atoms with Gasteiger partial charge in [-0.05, 0) is 55.7 Å². The molecule has 2 saturated carbocycles. The average Bonchev–Trinajstić information content (AvgIpc) is 3.14. The van der Waals surface area contributed by atoms with Crippen molar-refractivity contribution >= 4 is 23.2 Å². The minimum Gasteiger partial charge on any atom is -0.466 e. The maximum absolute atomic E-state index is 12.3. The Bertz CT molecular complexity index is 756. The highest BCUT2D eigenvalue weighted by molar-refractivity contribution is 7.80. The molecular formula is C21H28N2O2S. The van der Waals surface area contributed by atoms with Crippen LogP contribution in [0, 0.1) is 22.7 Å². The highest BCUT2D eigenvalue weighted by Gasteiger charge is 2.57. The normalized spacial score (nSPS) is 39.6. The number of hydrogen-bond acceptors (Lipinski definition) is 4. The lowest BCUT2D eigenvalue weighted by atomic mass is 9.46. The van der Waals surface area contributed by atoms with Crippen LogP contribution in [0.25, 0.3) is 0 Å². The Morgan fingerprint density at radius 1 is 1.31 bits per heavy atom. The highest BCUT2D eigenvalue weighted by Crippen LogP contribution is 2.63. The van der Waals surface area contributed by atoms with Crippen molar-refractivity contribution in [1.82, 2.24) is 9.55 Å². The molecule has 0 saturated heterocycles. The third-order valence-electron chi connectivity index (χ3n) is 7.47. The van der Waals surface area contributed by atoms with Crippen LogP contribution in [-0.2, 0) is 9.53 Å². The maximum Gasteiger partial charge on any atom is 0.269 e. The van der Waals surface area contributed by atoms with E-state index in [9.17, 15) is 4.79 Å². The summed E-state index contributed by atoms with van der Waals surface area (Å²) in [5, 5.41) is 0.481. The van der Waals surface area contributed by atoms with E-state index in [0.717, 1.165) is 32.1 Å². The number of nitrogens with zero attached hydrogens (tertiary/aromatic N) is 2. The molecule has 3 aliphatic rings. The van der Waals surface area contributed by atoms with Gasteiger partial charge in [0.15, 0.2) is 0 Å². The quantitative estimate of drug-likeness (QED) is 0.536. The maximum atomic E-state index is 12.3. The fraction of sp³-hybridized carbons (Fsp3) is 0.667. The van der Waals surface area contributed by atoms with Crippen molar-refractivity contribution in [3.8, 4) is 0 Å². The van der Waals surface area contributed by atoms with E-state index in [1.807, 2.05) is 6.20 Å². The first kappa shape index (κ1) is 17.9. The van der Waals surface area contributed by atoms with E-state index in [1.165, 1.54) is 5.57 Å². The average molecular weight is 373 g/mol. The molecule has 0 spiro atoms. The number of carbonyl (C=O) groups is 1. The second-order valence-electron chi connectivity index (χ2n) is 8.77. The molecule has 0 N–H and O–H groups in total. The van der Waals surface area contributed by atoms with Gasteiger partial charge in [-0.1, -0.05) is 32.4 Å². The number of aromatic nitrogens is 2. The van der Waals surface area contributed by atoms with E-state index in [4.69, 9.17) is 17.0 Å². The zero-order chi connectivity index (χ0) is 18.5. The summed E-state index contributed by atoms with van der Waals surface area (Å²) in [6.07, 6.45) is 13.6. The molecule has 1 heterocycles. The van der Waals surface area contributed by atoms with Crippen LogP contribution in [-0.4, -0.2) is 26.6 Å². The molecule has 4 unspecified atom stereocenters. The lowest BCUT2D eigenvalue weighted by Crippen LogP contribution is -2.54. The van der Waals surface area contributed by atoms with E-state index in [1.54, 1.807) is 17.1 Å². The van der Waals surface area contributed by atoms with E-state index < -0.39 is 0 Å². The van der Waals surface area contributed by atoms with Crippen molar-refractivity contribution < 1.29 is 9.53 Å². The molecule has 1 aromatic rings. The van der Waals surface area contributed by atoms with E-state index >= 15 is 0 Å². The van der Waals surface area contributed by atoms with Crippen molar-refractivity contribution in [2.45, 2.75) is 65.4 Å². The lowest BCUT2D eigenvalue weighted by molar-refractivity contribution is -0.132. The van der Waals surface area contributed by atoms with E-state index in [-0.39, 0.29) is 22.9 Å². The molecule has 26 heavy (non-hydrogen) atoms. The molecule has 3 aliphatic carbocycles. The molecule has 5 atom stereocenters. The van der Waals surface area contributed by atoms with Crippen LogP contribution in [0.5, 0.6) is 0 Å². The molecule has 1 aromatic heterocycles. The number of carbonyl (C=O) groups excluding carboxylic acids is 1. The monoisotopic (exact) mass is 372 g/mol. The molecule has 5 heteroatoms. The lowest BCUT2D eigenvalue weighted by Gasteiger charge is -2.58. The Hall–Kier alpha value is -1.49. The Labute approximate surface area is 161 Å². The molecule has 0 radical (unpaired) electrons. The molecule has 2 fully saturated rings. The minimum absolute atomic E-state index is 0.00571. The summed E-state index contributed by atoms with van der Waals surface area (Å²) in [7, 11) is 0. The molecular weight excluding hydrogens is 344 g/mol. The largest absolute Gasteiger partial charge is 0.466 e. The summed E-state index contributed by atoms with van der Waals surface area (Å²) in [6, 6.07) is 0. The Kier molecular flexibility index (Phi) is 4.33. The third kappa shape index (κ3) is 2.58. The van der Waals surface area contributed by atoms with Gasteiger partial charge in [0.2, 0.25) is 0 Å². The van der Waals surface area contributed by atoms with Crippen LogP contribution in [0.2, 0.25) is 0 Å². The summed E-state index contributed by atoms with van der Waals surface area (Å²) < 4.78 is 8.10. The Balaban J connectivity index is 1.63. The first-order valence-electron chi connectivity index (χ1n) is 9.79. The van der Waals surface area contributed by atoms with Crippen LogP contribution < -0.4 is 0 Å². The number of Topliss-reactive ketones (excluding diaryl/α,β-unsaturated/α-hetero) is 1. The molecule has 4 rings (SSSR count). The van der Waals surface area contributed by atoms with Crippen molar-refractivity contribution in [2.75, 3.05) is 0 Å². The third-order valence-corrected chi connectivity index (χ3v) is 7.78. The van der Waals surface area contributed by atoms with Crippen molar-refractivity contribution in [1.29, 1.82) is 0 Å². The summed E-state index contributed by atoms with van der Waals surface area (Å²) >= 11 is 5.51. The van der Waals surface area contributed by atoms with Crippen molar-refractivity contribution in [3.05, 3.63) is 30.4 Å². The van der Waals surface area contributed by atoms with E-state index in [0.29, 0.717) is 23.3 Å². The van der Waals surface area contributed by atoms with Gasteiger partial charge in [0, 0.05) is 30.1 Å². The van der Waals surface area contributed by atoms with Crippen LogP contribution in [0.3, 0.4) is 0 Å². The number of hydrogen-bond donors (Lipinski definition) is 0. The van der Waals surface area contributed by atoms with Gasteiger partial charge in [0.05, 0.1) is 0 Å². The van der Waals surface area contributed by atoms with Gasteiger partial charge in [-0.25, -0.2) is 4.98 Å². The number of ketones is 1. The minimum atomic E-state index is -0.00571. The van der Waals surface area contributed by atoms with Crippen molar-refractivity contribution in [3.63, 3.8) is 0 Å². The molecule has 0 aromatic carbocycles. The zero-order valence-electron chi connectivity index (χ0n) is 15.9. The van der Waals surface area contributed by atoms with Gasteiger partial charge in [0.1, 0.15) is 18.2 Å². The SMILES string of the molecule is C[C@H]1C(=O)CCC2(C)C3=CCCC(OC(=S)n4ccnc4)C3(C)CCC12.